The Morgan fingerprint density at radius 2 is 1.77 bits per heavy atom. The molecular formula is C6H5BF4KN. The van der Waals surface area contributed by atoms with Crippen molar-refractivity contribution in [1.29, 1.82) is 0 Å². The molecule has 0 spiro atoms. The summed E-state index contributed by atoms with van der Waals surface area (Å²) in [7, 11) is 0. The largest absolute Gasteiger partial charge is 1.00 e. The number of hydrogen-bond acceptors (Lipinski definition) is 1. The summed E-state index contributed by atoms with van der Waals surface area (Å²) in [5.41, 5.74) is -1.15. The zero-order valence-electron chi connectivity index (χ0n) is 7.19. The molecule has 0 aliphatic rings. The molecule has 1 nitrogen and oxygen atoms in total. The summed E-state index contributed by atoms with van der Waals surface area (Å²) in [4.78, 5) is 3.07. The smallest absolute Gasteiger partial charge is 0.445 e. The molecule has 1 rings (SSSR count). The van der Waals surface area contributed by atoms with E-state index in [0.29, 0.717) is 12.1 Å². The van der Waals surface area contributed by atoms with E-state index in [1.165, 1.54) is 0 Å². The van der Waals surface area contributed by atoms with Gasteiger partial charge in [-0.25, -0.2) is 4.98 Å². The number of aromatic nitrogens is 1. The predicted octanol–water partition coefficient (Wildman–Crippen LogP) is -1.41. The van der Waals surface area contributed by atoms with Gasteiger partial charge >= 0.3 is 58.4 Å². The van der Waals surface area contributed by atoms with Crippen LogP contribution in [0.2, 0.25) is 0 Å². The Morgan fingerprint density at radius 3 is 2.15 bits per heavy atom. The first-order valence-corrected chi connectivity index (χ1v) is 3.24. The van der Waals surface area contributed by atoms with E-state index >= 15 is 0 Å². The Labute approximate surface area is 115 Å². The van der Waals surface area contributed by atoms with E-state index in [-0.39, 0.29) is 57.1 Å². The van der Waals surface area contributed by atoms with Crippen molar-refractivity contribution < 1.29 is 68.7 Å². The third kappa shape index (κ3) is 3.67. The molecule has 1 aromatic heterocycles. The summed E-state index contributed by atoms with van der Waals surface area (Å²) in [6, 6.07) is 1.41. The van der Waals surface area contributed by atoms with Crippen molar-refractivity contribution in [2.75, 3.05) is 0 Å². The maximum atomic E-state index is 12.3. The van der Waals surface area contributed by atoms with Gasteiger partial charge in [-0.05, 0) is 13.0 Å². The summed E-state index contributed by atoms with van der Waals surface area (Å²) in [6.07, 6.45) is 0. The topological polar surface area (TPSA) is 12.9 Å². The van der Waals surface area contributed by atoms with Crippen molar-refractivity contribution in [1.82, 2.24) is 4.98 Å². The monoisotopic (exact) mass is 217 g/mol. The van der Waals surface area contributed by atoms with E-state index < -0.39 is 18.4 Å². The Kier molecular flexibility index (Phi) is 5.09. The zero-order chi connectivity index (χ0) is 9.35. The van der Waals surface area contributed by atoms with Crippen LogP contribution in [-0.4, -0.2) is 12.0 Å². The molecule has 0 N–H and O–H groups in total. The van der Waals surface area contributed by atoms with Crippen LogP contribution < -0.4 is 56.8 Å². The number of rotatable bonds is 1. The minimum absolute atomic E-state index is 0. The summed E-state index contributed by atoms with van der Waals surface area (Å²) in [6.45, 7) is -3.94. The second-order valence-corrected chi connectivity index (χ2v) is 2.38. The van der Waals surface area contributed by atoms with Crippen molar-refractivity contribution >= 4 is 12.4 Å². The molecule has 0 atom stereocenters. The fourth-order valence-corrected chi connectivity index (χ4v) is 0.887. The predicted molar refractivity (Wildman–Crippen MR) is 37.6 cm³/mol. The number of aryl methyl sites for hydroxylation is 1. The van der Waals surface area contributed by atoms with Gasteiger partial charge in [0.25, 0.3) is 0 Å². The summed E-state index contributed by atoms with van der Waals surface area (Å²) < 4.78 is 48.5. The van der Waals surface area contributed by atoms with Gasteiger partial charge in [-0.1, -0.05) is 11.5 Å². The molecule has 0 bridgehead atoms. The molecule has 0 saturated heterocycles. The molecule has 1 heterocycles. The number of pyridine rings is 1. The van der Waals surface area contributed by atoms with E-state index in [4.69, 9.17) is 0 Å². The van der Waals surface area contributed by atoms with Crippen molar-refractivity contribution in [3.05, 3.63) is 23.8 Å². The summed E-state index contributed by atoms with van der Waals surface area (Å²) in [5, 5.41) is 0. The molecule has 0 saturated carbocycles. The SMILES string of the molecule is Cc1nc(F)ccc1[B-](F)(F)F.[K+]. The molecule has 0 aliphatic carbocycles. The van der Waals surface area contributed by atoms with Crippen LogP contribution in [-0.2, 0) is 0 Å². The van der Waals surface area contributed by atoms with Crippen LogP contribution >= 0.6 is 0 Å². The molecule has 66 valence electrons. The molecule has 0 aliphatic heterocycles. The Balaban J connectivity index is 0.00000144. The van der Waals surface area contributed by atoms with Gasteiger partial charge < -0.3 is 12.9 Å². The number of halogens is 4. The number of nitrogens with zero attached hydrogens (tertiary/aromatic N) is 1. The maximum absolute atomic E-state index is 12.3. The van der Waals surface area contributed by atoms with E-state index in [2.05, 4.69) is 4.98 Å². The Hall–Kier alpha value is 0.571. The van der Waals surface area contributed by atoms with Crippen LogP contribution in [0.1, 0.15) is 5.69 Å². The van der Waals surface area contributed by atoms with Crippen molar-refractivity contribution in [3.8, 4) is 0 Å². The summed E-state index contributed by atoms with van der Waals surface area (Å²) >= 11 is 0. The van der Waals surface area contributed by atoms with Crippen LogP contribution in [0.3, 0.4) is 0 Å². The van der Waals surface area contributed by atoms with Crippen LogP contribution in [0, 0.1) is 12.9 Å². The van der Waals surface area contributed by atoms with Gasteiger partial charge in [-0.15, -0.1) is 0 Å². The first-order valence-electron chi connectivity index (χ1n) is 3.24. The van der Waals surface area contributed by atoms with E-state index in [0.717, 1.165) is 6.92 Å². The second-order valence-electron chi connectivity index (χ2n) is 2.38. The quantitative estimate of drug-likeness (QED) is 0.320. The third-order valence-corrected chi connectivity index (χ3v) is 1.45. The fraction of sp³-hybridized carbons (Fsp3) is 0.167. The maximum Gasteiger partial charge on any atom is 1.00 e. The van der Waals surface area contributed by atoms with Gasteiger partial charge in [-0.2, -0.15) is 4.39 Å². The average molecular weight is 217 g/mol. The minimum atomic E-state index is -5.07. The first kappa shape index (κ1) is 13.6. The third-order valence-electron chi connectivity index (χ3n) is 1.45. The molecule has 0 radical (unpaired) electrons. The van der Waals surface area contributed by atoms with Gasteiger partial charge in [-0.3, -0.25) is 0 Å². The van der Waals surface area contributed by atoms with Gasteiger partial charge in [0.2, 0.25) is 5.95 Å². The molecule has 0 amide bonds. The molecule has 0 unspecified atom stereocenters. The van der Waals surface area contributed by atoms with Gasteiger partial charge in [0.15, 0.2) is 0 Å². The van der Waals surface area contributed by atoms with Crippen LogP contribution in [0.5, 0.6) is 0 Å². The Bertz CT molecular complexity index is 301. The zero-order valence-corrected chi connectivity index (χ0v) is 10.3. The molecule has 0 aromatic carbocycles. The van der Waals surface area contributed by atoms with Crippen LogP contribution in [0.4, 0.5) is 17.3 Å². The molecule has 7 heteroatoms. The normalized spacial score (nSPS) is 10.8. The average Bonchev–Trinajstić information content (AvgIpc) is 1.83. The van der Waals surface area contributed by atoms with Crippen LogP contribution in [0.25, 0.3) is 0 Å². The van der Waals surface area contributed by atoms with Gasteiger partial charge in [0.05, 0.1) is 0 Å². The van der Waals surface area contributed by atoms with Crippen molar-refractivity contribution in [2.45, 2.75) is 6.92 Å². The molecular weight excluding hydrogens is 212 g/mol. The second kappa shape index (κ2) is 4.88. The van der Waals surface area contributed by atoms with Gasteiger partial charge in [0.1, 0.15) is 0 Å². The first-order chi connectivity index (χ1) is 5.41. The number of hydrogen-bond donors (Lipinski definition) is 0. The molecule has 0 fully saturated rings. The molecule has 13 heavy (non-hydrogen) atoms. The van der Waals surface area contributed by atoms with Crippen molar-refractivity contribution in [3.63, 3.8) is 0 Å². The van der Waals surface area contributed by atoms with E-state index in [1.807, 2.05) is 0 Å². The van der Waals surface area contributed by atoms with E-state index in [1.54, 1.807) is 0 Å². The summed E-state index contributed by atoms with van der Waals surface area (Å²) in [5.74, 6) is -0.892. The fourth-order valence-electron chi connectivity index (χ4n) is 0.887. The molecule has 1 aromatic rings. The van der Waals surface area contributed by atoms with Gasteiger partial charge in [0, 0.05) is 5.69 Å². The minimum Gasteiger partial charge on any atom is -0.445 e. The van der Waals surface area contributed by atoms with E-state index in [9.17, 15) is 17.3 Å². The Morgan fingerprint density at radius 1 is 1.23 bits per heavy atom. The van der Waals surface area contributed by atoms with Crippen molar-refractivity contribution in [2.24, 2.45) is 0 Å². The van der Waals surface area contributed by atoms with Crippen LogP contribution in [0.15, 0.2) is 12.1 Å². The standard InChI is InChI=1S/C6H5BF4N.K/c1-4-5(7(9,10)11)2-3-6(8)12-4;/h2-3H,1H3;/q-1;+1.